The lowest BCUT2D eigenvalue weighted by atomic mass is 10.1. The molecular formula is C12H17NO3. The van der Waals surface area contributed by atoms with Gasteiger partial charge in [-0.2, -0.15) is 0 Å². The Morgan fingerprint density at radius 2 is 2.19 bits per heavy atom. The van der Waals surface area contributed by atoms with E-state index in [0.29, 0.717) is 24.5 Å². The molecule has 0 heterocycles. The van der Waals surface area contributed by atoms with Crippen molar-refractivity contribution in [2.75, 3.05) is 13.2 Å². The van der Waals surface area contributed by atoms with Crippen LogP contribution in [0.5, 0.6) is 5.75 Å². The smallest absolute Gasteiger partial charge is 0.128 e. The zero-order valence-corrected chi connectivity index (χ0v) is 9.60. The first-order valence-electron chi connectivity index (χ1n) is 5.22. The maximum Gasteiger partial charge on any atom is 0.128 e. The van der Waals surface area contributed by atoms with Gasteiger partial charge in [-0.1, -0.05) is 16.8 Å². The van der Waals surface area contributed by atoms with E-state index in [9.17, 15) is 0 Å². The number of hydrogen-bond acceptors (Lipinski definition) is 4. The minimum atomic E-state index is 0.105. The normalized spacial score (nSPS) is 11.6. The second-order valence-electron chi connectivity index (χ2n) is 3.61. The highest BCUT2D eigenvalue weighted by atomic mass is 16.5. The lowest BCUT2D eigenvalue weighted by Gasteiger charge is -2.11. The fraction of sp³-hybridized carbons (Fsp3) is 0.417. The lowest BCUT2D eigenvalue weighted by molar-refractivity contribution is 0.233. The van der Waals surface area contributed by atoms with Crippen LogP contribution in [0.15, 0.2) is 23.4 Å². The average molecular weight is 223 g/mol. The first kappa shape index (κ1) is 12.5. The number of rotatable bonds is 5. The van der Waals surface area contributed by atoms with E-state index in [1.165, 1.54) is 0 Å². The fourth-order valence-corrected chi connectivity index (χ4v) is 1.35. The van der Waals surface area contributed by atoms with Gasteiger partial charge in [0.25, 0.3) is 0 Å². The van der Waals surface area contributed by atoms with Crippen LogP contribution in [0.3, 0.4) is 0 Å². The summed E-state index contributed by atoms with van der Waals surface area (Å²) in [4.78, 5) is 0. The van der Waals surface area contributed by atoms with Gasteiger partial charge in [0.1, 0.15) is 5.75 Å². The number of nitrogens with zero attached hydrogens (tertiary/aromatic N) is 1. The highest BCUT2D eigenvalue weighted by molar-refractivity contribution is 6.00. The van der Waals surface area contributed by atoms with Gasteiger partial charge in [-0.25, -0.2) is 0 Å². The van der Waals surface area contributed by atoms with E-state index in [2.05, 4.69) is 5.16 Å². The number of ether oxygens (including phenoxy) is 1. The van der Waals surface area contributed by atoms with Crippen molar-refractivity contribution in [2.24, 2.45) is 5.16 Å². The van der Waals surface area contributed by atoms with Crippen LogP contribution in [0, 0.1) is 6.92 Å². The van der Waals surface area contributed by atoms with Crippen molar-refractivity contribution in [3.63, 3.8) is 0 Å². The first-order valence-corrected chi connectivity index (χ1v) is 5.22. The molecule has 1 rings (SSSR count). The third-order valence-electron chi connectivity index (χ3n) is 2.23. The van der Waals surface area contributed by atoms with Gasteiger partial charge in [-0.05, 0) is 26.0 Å². The van der Waals surface area contributed by atoms with Crippen molar-refractivity contribution in [1.82, 2.24) is 0 Å². The molecule has 0 radical (unpaired) electrons. The molecule has 0 aliphatic heterocycles. The monoisotopic (exact) mass is 223 g/mol. The molecule has 0 amide bonds. The van der Waals surface area contributed by atoms with Crippen LogP contribution < -0.4 is 4.74 Å². The van der Waals surface area contributed by atoms with Crippen LogP contribution in [0.2, 0.25) is 0 Å². The molecule has 1 aromatic carbocycles. The molecule has 4 nitrogen and oxygen atoms in total. The molecule has 1 aromatic rings. The van der Waals surface area contributed by atoms with Gasteiger partial charge in [-0.15, -0.1) is 0 Å². The maximum absolute atomic E-state index is 8.77. The summed E-state index contributed by atoms with van der Waals surface area (Å²) in [6.07, 6.45) is 0.586. The minimum Gasteiger partial charge on any atom is -0.493 e. The number of oxime groups is 1. The molecule has 4 heteroatoms. The van der Waals surface area contributed by atoms with Gasteiger partial charge in [0, 0.05) is 18.6 Å². The van der Waals surface area contributed by atoms with Crippen molar-refractivity contribution in [3.8, 4) is 5.75 Å². The first-order chi connectivity index (χ1) is 7.69. The number of aliphatic hydroxyl groups is 1. The van der Waals surface area contributed by atoms with Crippen molar-refractivity contribution < 1.29 is 15.1 Å². The minimum absolute atomic E-state index is 0.105. The van der Waals surface area contributed by atoms with E-state index >= 15 is 0 Å². The number of hydrogen-bond donors (Lipinski definition) is 2. The molecule has 0 bridgehead atoms. The van der Waals surface area contributed by atoms with Crippen molar-refractivity contribution in [2.45, 2.75) is 20.3 Å². The van der Waals surface area contributed by atoms with Crippen LogP contribution >= 0.6 is 0 Å². The summed E-state index contributed by atoms with van der Waals surface area (Å²) in [5.74, 6) is 0.675. The summed E-state index contributed by atoms with van der Waals surface area (Å²) in [7, 11) is 0. The molecule has 0 aliphatic carbocycles. The van der Waals surface area contributed by atoms with Gasteiger partial charge in [-0.3, -0.25) is 0 Å². The quantitative estimate of drug-likeness (QED) is 0.347. The summed E-state index contributed by atoms with van der Waals surface area (Å²) < 4.78 is 5.50. The molecule has 0 saturated carbocycles. The summed E-state index contributed by atoms with van der Waals surface area (Å²) in [6, 6.07) is 5.68. The van der Waals surface area contributed by atoms with E-state index in [4.69, 9.17) is 15.1 Å². The third kappa shape index (κ3) is 3.24. The molecule has 2 N–H and O–H groups in total. The largest absolute Gasteiger partial charge is 0.493 e. The highest BCUT2D eigenvalue weighted by Gasteiger charge is 2.07. The Morgan fingerprint density at radius 3 is 2.81 bits per heavy atom. The Morgan fingerprint density at radius 1 is 1.44 bits per heavy atom. The number of benzene rings is 1. The van der Waals surface area contributed by atoms with Gasteiger partial charge >= 0.3 is 0 Å². The zero-order valence-electron chi connectivity index (χ0n) is 9.60. The highest BCUT2D eigenvalue weighted by Crippen LogP contribution is 2.21. The fourth-order valence-electron chi connectivity index (χ4n) is 1.35. The molecular weight excluding hydrogens is 206 g/mol. The molecule has 0 saturated heterocycles. The average Bonchev–Trinajstić information content (AvgIpc) is 2.30. The lowest BCUT2D eigenvalue weighted by Crippen LogP contribution is -2.05. The van der Waals surface area contributed by atoms with Crippen molar-refractivity contribution >= 4 is 5.71 Å². The Bertz CT molecular complexity index is 375. The van der Waals surface area contributed by atoms with E-state index in [1.807, 2.05) is 25.1 Å². The van der Waals surface area contributed by atoms with Crippen LogP contribution in [-0.4, -0.2) is 29.2 Å². The Kier molecular flexibility index (Phi) is 4.79. The van der Waals surface area contributed by atoms with Crippen LogP contribution in [-0.2, 0) is 0 Å². The number of aliphatic hydroxyl groups excluding tert-OH is 1. The molecule has 0 unspecified atom stereocenters. The van der Waals surface area contributed by atoms with E-state index in [-0.39, 0.29) is 6.61 Å². The van der Waals surface area contributed by atoms with Gasteiger partial charge in [0.05, 0.1) is 12.3 Å². The molecule has 88 valence electrons. The molecule has 0 atom stereocenters. The van der Waals surface area contributed by atoms with Crippen LogP contribution in [0.1, 0.15) is 24.5 Å². The maximum atomic E-state index is 8.77. The molecule has 16 heavy (non-hydrogen) atoms. The Hall–Kier alpha value is -1.55. The molecule has 0 aromatic heterocycles. The molecule has 0 aliphatic rings. The second-order valence-corrected chi connectivity index (χ2v) is 3.61. The second kappa shape index (κ2) is 6.12. The standard InChI is InChI=1S/C12H17NO3/c1-9-4-5-12(16-7-3-6-14)11(8-9)10(2)13-15/h4-5,8,14-15H,3,6-7H2,1-2H3/b13-10+. The Labute approximate surface area is 95.2 Å². The molecule has 0 spiro atoms. The Balaban J connectivity index is 2.89. The summed E-state index contributed by atoms with van der Waals surface area (Å²) >= 11 is 0. The summed E-state index contributed by atoms with van der Waals surface area (Å²) in [5.41, 5.74) is 2.37. The van der Waals surface area contributed by atoms with Gasteiger partial charge in [0.15, 0.2) is 0 Å². The van der Waals surface area contributed by atoms with Crippen LogP contribution in [0.25, 0.3) is 0 Å². The SMILES string of the molecule is C/C(=N\O)c1cc(C)ccc1OCCCO. The van der Waals surface area contributed by atoms with E-state index in [1.54, 1.807) is 6.92 Å². The predicted molar refractivity (Wildman–Crippen MR) is 62.4 cm³/mol. The summed E-state index contributed by atoms with van der Waals surface area (Å²) in [6.45, 7) is 4.23. The van der Waals surface area contributed by atoms with E-state index in [0.717, 1.165) is 11.1 Å². The summed E-state index contributed by atoms with van der Waals surface area (Å²) in [5, 5.41) is 20.6. The van der Waals surface area contributed by atoms with Crippen molar-refractivity contribution in [1.29, 1.82) is 0 Å². The van der Waals surface area contributed by atoms with Crippen molar-refractivity contribution in [3.05, 3.63) is 29.3 Å². The zero-order chi connectivity index (χ0) is 12.0. The molecule has 0 fully saturated rings. The van der Waals surface area contributed by atoms with Gasteiger partial charge in [0.2, 0.25) is 0 Å². The third-order valence-corrected chi connectivity index (χ3v) is 2.23. The predicted octanol–water partition coefficient (Wildman–Crippen LogP) is 1.95. The van der Waals surface area contributed by atoms with Gasteiger partial charge < -0.3 is 15.1 Å². The topological polar surface area (TPSA) is 62.1 Å². The number of aryl methyl sites for hydroxylation is 1. The van der Waals surface area contributed by atoms with Crippen LogP contribution in [0.4, 0.5) is 0 Å². The van der Waals surface area contributed by atoms with E-state index < -0.39 is 0 Å².